The van der Waals surface area contributed by atoms with E-state index in [4.69, 9.17) is 5.21 Å². The smallest absolute Gasteiger partial charge is 0.262 e. The molecule has 0 aliphatic heterocycles. The van der Waals surface area contributed by atoms with Gasteiger partial charge < -0.3 is 5.32 Å². The van der Waals surface area contributed by atoms with E-state index in [9.17, 15) is 4.79 Å². The van der Waals surface area contributed by atoms with Crippen LogP contribution in [-0.4, -0.2) is 27.0 Å². The van der Waals surface area contributed by atoms with E-state index in [1.165, 1.54) is 12.8 Å². The van der Waals surface area contributed by atoms with Gasteiger partial charge in [-0.2, -0.15) is 0 Å². The Balaban J connectivity index is 2.37. The Bertz CT molecular complexity index is 771. The average molecular weight is 342 g/mol. The van der Waals surface area contributed by atoms with E-state index in [1.54, 1.807) is 5.48 Å². The number of aromatic nitrogens is 2. The van der Waals surface area contributed by atoms with Crippen LogP contribution < -0.4 is 10.8 Å². The number of amides is 1. The molecule has 2 aromatic heterocycles. The molecule has 2 rings (SSSR count). The fraction of sp³-hybridized carbons (Fsp3) is 0.474. The first-order valence-corrected chi connectivity index (χ1v) is 8.87. The van der Waals surface area contributed by atoms with Gasteiger partial charge in [0.25, 0.3) is 5.91 Å². The van der Waals surface area contributed by atoms with Gasteiger partial charge in [0.1, 0.15) is 11.5 Å². The molecule has 0 aliphatic carbocycles. The number of rotatable bonds is 8. The summed E-state index contributed by atoms with van der Waals surface area (Å²) >= 11 is 0. The quantitative estimate of drug-likeness (QED) is 0.298. The number of pyridine rings is 1. The van der Waals surface area contributed by atoms with Gasteiger partial charge in [-0.05, 0) is 30.9 Å². The highest BCUT2D eigenvalue weighted by Gasteiger charge is 2.14. The highest BCUT2D eigenvalue weighted by atomic mass is 16.5. The Hall–Kier alpha value is -2.52. The van der Waals surface area contributed by atoms with Gasteiger partial charge in [-0.1, -0.05) is 45.1 Å². The molecular formula is C19H26N4O2. The normalized spacial score (nSPS) is 10.4. The number of unbranched alkanes of at least 4 members (excludes halogenated alkanes) is 3. The SMILES string of the molecule is CCCCCC#Cc1nc2cccc(CCC)n2c1NCC(=O)NO. The summed E-state index contributed by atoms with van der Waals surface area (Å²) in [4.78, 5) is 16.0. The minimum absolute atomic E-state index is 0.0464. The van der Waals surface area contributed by atoms with Gasteiger partial charge in [-0.15, -0.1) is 0 Å². The molecule has 0 saturated carbocycles. The average Bonchev–Trinajstić information content (AvgIpc) is 2.98. The van der Waals surface area contributed by atoms with Crippen LogP contribution in [0.25, 0.3) is 5.65 Å². The van der Waals surface area contributed by atoms with Gasteiger partial charge in [-0.3, -0.25) is 14.4 Å². The number of hydrogen-bond acceptors (Lipinski definition) is 4. The first-order chi connectivity index (χ1) is 12.2. The Kier molecular flexibility index (Phi) is 7.30. The van der Waals surface area contributed by atoms with Gasteiger partial charge in [0.2, 0.25) is 0 Å². The van der Waals surface area contributed by atoms with Crippen LogP contribution in [0.15, 0.2) is 18.2 Å². The Morgan fingerprint density at radius 3 is 2.84 bits per heavy atom. The van der Waals surface area contributed by atoms with E-state index in [1.807, 2.05) is 22.6 Å². The van der Waals surface area contributed by atoms with E-state index in [0.29, 0.717) is 11.5 Å². The van der Waals surface area contributed by atoms with E-state index < -0.39 is 5.91 Å². The highest BCUT2D eigenvalue weighted by molar-refractivity contribution is 5.80. The van der Waals surface area contributed by atoms with Crippen molar-refractivity contribution in [2.45, 2.75) is 52.4 Å². The van der Waals surface area contributed by atoms with Crippen molar-refractivity contribution in [1.29, 1.82) is 0 Å². The standard InChI is InChI=1S/C19H26N4O2/c1-3-5-6-7-8-12-16-19(20-14-18(24)22-25)23-15(10-4-2)11-9-13-17(23)21-16/h9,11,13,20,25H,3-7,10,14H2,1-2H3,(H,22,24). The number of nitrogens with one attached hydrogen (secondary N) is 2. The maximum Gasteiger partial charge on any atom is 0.262 e. The molecule has 0 spiro atoms. The molecule has 0 radical (unpaired) electrons. The molecule has 0 aromatic carbocycles. The lowest BCUT2D eigenvalue weighted by Gasteiger charge is -2.10. The number of nitrogens with zero attached hydrogens (tertiary/aromatic N) is 2. The van der Waals surface area contributed by atoms with Crippen molar-refractivity contribution < 1.29 is 10.0 Å². The second-order valence-corrected chi connectivity index (χ2v) is 5.92. The lowest BCUT2D eigenvalue weighted by Crippen LogP contribution is -2.27. The molecule has 0 bridgehead atoms. The van der Waals surface area contributed by atoms with Crippen LogP contribution in [0, 0.1) is 11.8 Å². The molecule has 2 heterocycles. The summed E-state index contributed by atoms with van der Waals surface area (Å²) in [7, 11) is 0. The van der Waals surface area contributed by atoms with Gasteiger partial charge in [0, 0.05) is 12.1 Å². The molecule has 6 nitrogen and oxygen atoms in total. The Labute approximate surface area is 148 Å². The van der Waals surface area contributed by atoms with Crippen LogP contribution in [0.2, 0.25) is 0 Å². The summed E-state index contributed by atoms with van der Waals surface area (Å²) in [6.45, 7) is 4.24. The number of aryl methyl sites for hydroxylation is 1. The van der Waals surface area contributed by atoms with E-state index in [0.717, 1.165) is 37.0 Å². The van der Waals surface area contributed by atoms with Crippen LogP contribution in [0.1, 0.15) is 57.3 Å². The van der Waals surface area contributed by atoms with Crippen molar-refractivity contribution in [1.82, 2.24) is 14.9 Å². The zero-order valence-corrected chi connectivity index (χ0v) is 14.9. The van der Waals surface area contributed by atoms with Crippen molar-refractivity contribution in [2.24, 2.45) is 0 Å². The molecule has 0 atom stereocenters. The van der Waals surface area contributed by atoms with Crippen LogP contribution >= 0.6 is 0 Å². The van der Waals surface area contributed by atoms with Crippen molar-refractivity contribution in [2.75, 3.05) is 11.9 Å². The summed E-state index contributed by atoms with van der Waals surface area (Å²) in [6.07, 6.45) is 6.15. The number of carbonyl (C=O) groups excluding carboxylic acids is 1. The topological polar surface area (TPSA) is 78.7 Å². The lowest BCUT2D eigenvalue weighted by atomic mass is 10.2. The molecule has 6 heteroatoms. The van der Waals surface area contributed by atoms with Crippen LogP contribution in [0.4, 0.5) is 5.82 Å². The Morgan fingerprint density at radius 2 is 2.12 bits per heavy atom. The second kappa shape index (κ2) is 9.70. The third-order valence-corrected chi connectivity index (χ3v) is 3.88. The zero-order valence-electron chi connectivity index (χ0n) is 14.9. The molecular weight excluding hydrogens is 316 g/mol. The van der Waals surface area contributed by atoms with Crippen molar-refractivity contribution in [3.05, 3.63) is 29.6 Å². The van der Waals surface area contributed by atoms with Crippen LogP contribution in [0.5, 0.6) is 0 Å². The predicted molar refractivity (Wildman–Crippen MR) is 98.6 cm³/mol. The number of hydrogen-bond donors (Lipinski definition) is 3. The molecule has 0 saturated heterocycles. The van der Waals surface area contributed by atoms with E-state index in [-0.39, 0.29) is 6.54 Å². The summed E-state index contributed by atoms with van der Waals surface area (Å²) in [5, 5.41) is 11.8. The highest BCUT2D eigenvalue weighted by Crippen LogP contribution is 2.21. The second-order valence-electron chi connectivity index (χ2n) is 5.92. The van der Waals surface area contributed by atoms with Crippen molar-refractivity contribution in [3.63, 3.8) is 0 Å². The van der Waals surface area contributed by atoms with Crippen LogP contribution in [-0.2, 0) is 11.2 Å². The fourth-order valence-electron chi connectivity index (χ4n) is 2.67. The zero-order chi connectivity index (χ0) is 18.1. The molecule has 1 amide bonds. The number of hydroxylamine groups is 1. The third kappa shape index (κ3) is 4.97. The third-order valence-electron chi connectivity index (χ3n) is 3.88. The largest absolute Gasteiger partial charge is 0.360 e. The number of fused-ring (bicyclic) bond motifs is 1. The number of imidazole rings is 1. The van der Waals surface area contributed by atoms with Crippen molar-refractivity contribution in [3.8, 4) is 11.8 Å². The maximum atomic E-state index is 11.4. The number of anilines is 1. The fourth-order valence-corrected chi connectivity index (χ4v) is 2.67. The molecule has 134 valence electrons. The van der Waals surface area contributed by atoms with Crippen molar-refractivity contribution >= 4 is 17.4 Å². The first kappa shape index (κ1) is 18.8. The summed E-state index contributed by atoms with van der Waals surface area (Å²) in [6, 6.07) is 5.96. The molecule has 25 heavy (non-hydrogen) atoms. The van der Waals surface area contributed by atoms with Crippen LogP contribution in [0.3, 0.4) is 0 Å². The van der Waals surface area contributed by atoms with Gasteiger partial charge >= 0.3 is 0 Å². The Morgan fingerprint density at radius 1 is 1.28 bits per heavy atom. The minimum Gasteiger partial charge on any atom is -0.360 e. The summed E-state index contributed by atoms with van der Waals surface area (Å²) in [5.74, 6) is 6.50. The molecule has 2 aromatic rings. The maximum absolute atomic E-state index is 11.4. The van der Waals surface area contributed by atoms with Gasteiger partial charge in [-0.25, -0.2) is 10.5 Å². The van der Waals surface area contributed by atoms with Gasteiger partial charge in [0.05, 0.1) is 6.54 Å². The lowest BCUT2D eigenvalue weighted by molar-refractivity contribution is -0.127. The van der Waals surface area contributed by atoms with Gasteiger partial charge in [0.15, 0.2) is 5.69 Å². The molecule has 0 unspecified atom stereocenters. The monoisotopic (exact) mass is 342 g/mol. The first-order valence-electron chi connectivity index (χ1n) is 8.87. The molecule has 3 N–H and O–H groups in total. The molecule has 0 fully saturated rings. The number of carbonyl (C=O) groups is 1. The predicted octanol–water partition coefficient (Wildman–Crippen LogP) is 3.14. The van der Waals surface area contributed by atoms with E-state index >= 15 is 0 Å². The summed E-state index contributed by atoms with van der Waals surface area (Å²) in [5.41, 5.74) is 4.18. The summed E-state index contributed by atoms with van der Waals surface area (Å²) < 4.78 is 2.00. The van der Waals surface area contributed by atoms with E-state index in [2.05, 4.69) is 36.0 Å². The molecule has 0 aliphatic rings. The minimum atomic E-state index is -0.509.